The number of benzene rings is 1. The van der Waals surface area contributed by atoms with Gasteiger partial charge in [-0.05, 0) is 90.6 Å². The zero-order valence-electron chi connectivity index (χ0n) is 12.6. The number of allylic oxidation sites excluding steroid dienone is 1. The summed E-state index contributed by atoms with van der Waals surface area (Å²) in [5.41, 5.74) is 5.06. The largest absolute Gasteiger partial charge is 0.289 e. The zero-order chi connectivity index (χ0) is 15.5. The average molecular weight is 403 g/mol. The Morgan fingerprint density at radius 1 is 1.18 bits per heavy atom. The van der Waals surface area contributed by atoms with Crippen LogP contribution in [0.4, 0.5) is 0 Å². The molecule has 2 nitrogen and oxygen atoms in total. The summed E-state index contributed by atoms with van der Waals surface area (Å²) in [7, 11) is 0. The highest BCUT2D eigenvalue weighted by Crippen LogP contribution is 2.22. The van der Waals surface area contributed by atoms with Crippen LogP contribution >= 0.6 is 22.6 Å². The molecule has 0 radical (unpaired) electrons. The van der Waals surface area contributed by atoms with Gasteiger partial charge in [0.15, 0.2) is 5.78 Å². The van der Waals surface area contributed by atoms with Gasteiger partial charge in [-0.1, -0.05) is 18.2 Å². The lowest BCUT2D eigenvalue weighted by Gasteiger charge is -2.16. The minimum atomic E-state index is 0.0388. The quantitative estimate of drug-likeness (QED) is 0.420. The smallest absolute Gasteiger partial charge is 0.187 e. The van der Waals surface area contributed by atoms with Crippen LogP contribution in [0, 0.1) is 10.5 Å². The van der Waals surface area contributed by atoms with Crippen LogP contribution < -0.4 is 0 Å². The van der Waals surface area contributed by atoms with Gasteiger partial charge in [0.05, 0.1) is 0 Å². The van der Waals surface area contributed by atoms with Crippen LogP contribution in [0.15, 0.2) is 36.4 Å². The van der Waals surface area contributed by atoms with Gasteiger partial charge in [-0.25, -0.2) is 0 Å². The number of pyridine rings is 1. The molecule has 112 valence electrons. The Bertz CT molecular complexity index is 732. The molecule has 3 rings (SSSR count). The number of halogens is 1. The van der Waals surface area contributed by atoms with Gasteiger partial charge in [0.25, 0.3) is 0 Å². The molecule has 0 atom stereocenters. The highest BCUT2D eigenvalue weighted by atomic mass is 127. The lowest BCUT2D eigenvalue weighted by atomic mass is 9.93. The van der Waals surface area contributed by atoms with E-state index in [0.29, 0.717) is 0 Å². The Kier molecular flexibility index (Phi) is 4.71. The van der Waals surface area contributed by atoms with Crippen molar-refractivity contribution in [2.75, 3.05) is 0 Å². The second-order valence-corrected chi connectivity index (χ2v) is 6.93. The molecule has 1 heterocycles. The minimum Gasteiger partial charge on any atom is -0.289 e. The maximum atomic E-state index is 12.5. The van der Waals surface area contributed by atoms with Crippen LogP contribution in [0.3, 0.4) is 0 Å². The van der Waals surface area contributed by atoms with Crippen LogP contribution in [0.1, 0.15) is 45.7 Å². The van der Waals surface area contributed by atoms with E-state index in [0.717, 1.165) is 29.7 Å². The van der Waals surface area contributed by atoms with E-state index in [-0.39, 0.29) is 5.78 Å². The van der Waals surface area contributed by atoms with Crippen molar-refractivity contribution >= 4 is 34.5 Å². The van der Waals surface area contributed by atoms with E-state index in [1.807, 2.05) is 37.3 Å². The number of aryl methyl sites for hydroxylation is 3. The van der Waals surface area contributed by atoms with E-state index in [9.17, 15) is 4.79 Å². The van der Waals surface area contributed by atoms with E-state index >= 15 is 0 Å². The highest BCUT2D eigenvalue weighted by molar-refractivity contribution is 14.1. The Morgan fingerprint density at radius 3 is 2.68 bits per heavy atom. The molecule has 0 fully saturated rings. The van der Waals surface area contributed by atoms with Gasteiger partial charge < -0.3 is 0 Å². The first-order chi connectivity index (χ1) is 10.6. The predicted octanol–water partition coefficient (Wildman–Crippen LogP) is 4.77. The molecule has 0 bridgehead atoms. The maximum Gasteiger partial charge on any atom is 0.187 e. The molecule has 0 unspecified atom stereocenters. The van der Waals surface area contributed by atoms with E-state index < -0.39 is 0 Å². The third-order valence-corrected chi connectivity index (χ3v) is 4.77. The molecule has 22 heavy (non-hydrogen) atoms. The molecule has 0 N–H and O–H groups in total. The monoisotopic (exact) mass is 403 g/mol. The fourth-order valence-corrected chi connectivity index (χ4v) is 3.18. The van der Waals surface area contributed by atoms with Crippen molar-refractivity contribution in [3.8, 4) is 0 Å². The molecule has 0 aliphatic heterocycles. The Balaban J connectivity index is 1.84. The summed E-state index contributed by atoms with van der Waals surface area (Å²) in [4.78, 5) is 17.1. The molecular formula is C19H18INO. The normalized spacial score (nSPS) is 14.1. The SMILES string of the molecule is Cc1nc2c(cc1C(=O)C=Cc1ccc(I)cc1)CCCC2. The number of ketones is 1. The minimum absolute atomic E-state index is 0.0388. The third kappa shape index (κ3) is 3.46. The molecule has 0 spiro atoms. The number of hydrogen-bond acceptors (Lipinski definition) is 2. The van der Waals surface area contributed by atoms with Gasteiger partial charge >= 0.3 is 0 Å². The van der Waals surface area contributed by atoms with Crippen LogP contribution in [0.25, 0.3) is 6.08 Å². The molecule has 1 aromatic carbocycles. The van der Waals surface area contributed by atoms with Crippen LogP contribution in [-0.2, 0) is 12.8 Å². The van der Waals surface area contributed by atoms with Gasteiger partial charge in [-0.2, -0.15) is 0 Å². The highest BCUT2D eigenvalue weighted by Gasteiger charge is 2.15. The van der Waals surface area contributed by atoms with Crippen LogP contribution in [0.2, 0.25) is 0 Å². The van der Waals surface area contributed by atoms with Crippen molar-refractivity contribution in [1.82, 2.24) is 4.98 Å². The van der Waals surface area contributed by atoms with Crippen molar-refractivity contribution in [2.24, 2.45) is 0 Å². The summed E-state index contributed by atoms with van der Waals surface area (Å²) >= 11 is 2.27. The van der Waals surface area contributed by atoms with E-state index in [1.165, 1.54) is 27.7 Å². The van der Waals surface area contributed by atoms with Gasteiger partial charge in [0.2, 0.25) is 0 Å². The van der Waals surface area contributed by atoms with E-state index in [1.54, 1.807) is 6.08 Å². The number of carbonyl (C=O) groups is 1. The van der Waals surface area contributed by atoms with Gasteiger partial charge in [-0.3, -0.25) is 9.78 Å². The number of fused-ring (bicyclic) bond motifs is 1. The van der Waals surface area contributed by atoms with Crippen LogP contribution in [0.5, 0.6) is 0 Å². The molecule has 1 aromatic heterocycles. The van der Waals surface area contributed by atoms with E-state index in [4.69, 9.17) is 0 Å². The maximum absolute atomic E-state index is 12.5. The van der Waals surface area contributed by atoms with Crippen molar-refractivity contribution < 1.29 is 4.79 Å². The third-order valence-electron chi connectivity index (χ3n) is 4.05. The summed E-state index contributed by atoms with van der Waals surface area (Å²) in [6, 6.07) is 10.2. The molecule has 2 aromatic rings. The number of carbonyl (C=O) groups excluding carboxylic acids is 1. The molecule has 0 saturated carbocycles. The standard InChI is InChI=1S/C19H18INO/c1-13-17(12-15-4-2-3-5-18(15)21-13)19(22)11-8-14-6-9-16(20)10-7-14/h6-12H,2-5H2,1H3. The summed E-state index contributed by atoms with van der Waals surface area (Å²) in [6.45, 7) is 1.93. The number of hydrogen-bond donors (Lipinski definition) is 0. The first-order valence-electron chi connectivity index (χ1n) is 7.61. The number of nitrogens with zero attached hydrogens (tertiary/aromatic N) is 1. The fraction of sp³-hybridized carbons (Fsp3) is 0.263. The van der Waals surface area contributed by atoms with Crippen molar-refractivity contribution in [3.63, 3.8) is 0 Å². The Morgan fingerprint density at radius 2 is 1.91 bits per heavy atom. The van der Waals surface area contributed by atoms with Gasteiger partial charge in [0, 0.05) is 20.5 Å². The summed E-state index contributed by atoms with van der Waals surface area (Å²) in [5.74, 6) is 0.0388. The lowest BCUT2D eigenvalue weighted by molar-refractivity contribution is 0.104. The Labute approximate surface area is 144 Å². The predicted molar refractivity (Wildman–Crippen MR) is 98.1 cm³/mol. The summed E-state index contributed by atoms with van der Waals surface area (Å²) in [5, 5.41) is 0. The zero-order valence-corrected chi connectivity index (χ0v) is 14.8. The van der Waals surface area contributed by atoms with Crippen molar-refractivity contribution in [2.45, 2.75) is 32.6 Å². The fourth-order valence-electron chi connectivity index (χ4n) is 2.82. The van der Waals surface area contributed by atoms with Crippen molar-refractivity contribution in [1.29, 1.82) is 0 Å². The molecule has 1 aliphatic rings. The second kappa shape index (κ2) is 6.73. The van der Waals surface area contributed by atoms with Gasteiger partial charge in [-0.15, -0.1) is 0 Å². The van der Waals surface area contributed by atoms with Crippen LogP contribution in [-0.4, -0.2) is 10.8 Å². The molecule has 0 amide bonds. The number of rotatable bonds is 3. The first kappa shape index (κ1) is 15.4. The average Bonchev–Trinajstić information content (AvgIpc) is 2.53. The second-order valence-electron chi connectivity index (χ2n) is 5.68. The summed E-state index contributed by atoms with van der Waals surface area (Å²) in [6.07, 6.45) is 8.02. The van der Waals surface area contributed by atoms with Gasteiger partial charge in [0.1, 0.15) is 0 Å². The number of aromatic nitrogens is 1. The molecule has 0 saturated heterocycles. The molecule has 1 aliphatic carbocycles. The summed E-state index contributed by atoms with van der Waals surface area (Å²) < 4.78 is 1.19. The Hall–Kier alpha value is -1.49. The van der Waals surface area contributed by atoms with Crippen molar-refractivity contribution in [3.05, 3.63) is 68.1 Å². The topological polar surface area (TPSA) is 30.0 Å². The molecule has 3 heteroatoms. The van der Waals surface area contributed by atoms with E-state index in [2.05, 4.69) is 33.6 Å². The first-order valence-corrected chi connectivity index (χ1v) is 8.69. The molecular weight excluding hydrogens is 385 g/mol. The lowest BCUT2D eigenvalue weighted by Crippen LogP contribution is -2.10.